The Bertz CT molecular complexity index is 213. The Labute approximate surface area is 72.8 Å². The fraction of sp³-hybridized carbons (Fsp3) is 0.444. The number of pyridine rings is 1. The number of aromatic nitrogens is 1. The highest BCUT2D eigenvalue weighted by Gasteiger charge is 1.99. The molecular weight excluding hydrogens is 152 g/mol. The second-order valence-corrected chi connectivity index (χ2v) is 2.74. The highest BCUT2D eigenvalue weighted by atomic mass is 16.5. The molecule has 1 rings (SSSR count). The molecule has 0 radical (unpaired) electrons. The van der Waals surface area contributed by atoms with E-state index in [1.165, 1.54) is 0 Å². The summed E-state index contributed by atoms with van der Waals surface area (Å²) in [6.07, 6.45) is 3.55. The third-order valence-electron chi connectivity index (χ3n) is 1.49. The van der Waals surface area contributed by atoms with Crippen molar-refractivity contribution < 1.29 is 4.74 Å². The van der Waals surface area contributed by atoms with Gasteiger partial charge < -0.3 is 10.1 Å². The topological polar surface area (TPSA) is 34.1 Å². The summed E-state index contributed by atoms with van der Waals surface area (Å²) in [5, 5.41) is 3.26. The first kappa shape index (κ1) is 9.00. The normalized spacial score (nSPS) is 12.5. The van der Waals surface area contributed by atoms with Gasteiger partial charge in [-0.25, -0.2) is 0 Å². The number of hydrogen-bond acceptors (Lipinski definition) is 3. The van der Waals surface area contributed by atoms with Gasteiger partial charge in [-0.3, -0.25) is 4.98 Å². The van der Waals surface area contributed by atoms with Crippen LogP contribution in [0.5, 0.6) is 0 Å². The van der Waals surface area contributed by atoms with Gasteiger partial charge in [0.15, 0.2) is 0 Å². The zero-order chi connectivity index (χ0) is 8.81. The monoisotopic (exact) mass is 166 g/mol. The fourth-order valence-electron chi connectivity index (χ4n) is 1.02. The van der Waals surface area contributed by atoms with Crippen LogP contribution in [0.3, 0.4) is 0 Å². The van der Waals surface area contributed by atoms with Gasteiger partial charge in [0.25, 0.3) is 0 Å². The van der Waals surface area contributed by atoms with Crippen molar-refractivity contribution in [1.82, 2.24) is 4.98 Å². The van der Waals surface area contributed by atoms with Crippen molar-refractivity contribution >= 4 is 5.69 Å². The van der Waals surface area contributed by atoms with Crippen molar-refractivity contribution in [1.29, 1.82) is 0 Å². The number of nitrogens with zero attached hydrogens (tertiary/aromatic N) is 1. The summed E-state index contributed by atoms with van der Waals surface area (Å²) in [7, 11) is 1.70. The molecule has 0 spiro atoms. The van der Waals surface area contributed by atoms with Crippen LogP contribution >= 0.6 is 0 Å². The van der Waals surface area contributed by atoms with Gasteiger partial charge in [-0.2, -0.15) is 0 Å². The number of nitrogens with one attached hydrogen (secondary N) is 1. The van der Waals surface area contributed by atoms with Gasteiger partial charge in [-0.05, 0) is 19.1 Å². The molecule has 3 nitrogen and oxygen atoms in total. The van der Waals surface area contributed by atoms with Crippen molar-refractivity contribution in [2.24, 2.45) is 0 Å². The molecule has 0 saturated carbocycles. The van der Waals surface area contributed by atoms with E-state index in [4.69, 9.17) is 4.74 Å². The molecular formula is C9H14N2O. The Hall–Kier alpha value is -1.09. The lowest BCUT2D eigenvalue weighted by Gasteiger charge is -2.13. The molecule has 0 bridgehead atoms. The van der Waals surface area contributed by atoms with Crippen molar-refractivity contribution in [3.8, 4) is 0 Å². The zero-order valence-electron chi connectivity index (χ0n) is 7.45. The number of hydrogen-bond donors (Lipinski definition) is 1. The zero-order valence-corrected chi connectivity index (χ0v) is 7.45. The lowest BCUT2D eigenvalue weighted by molar-refractivity contribution is 0.190. The summed E-state index contributed by atoms with van der Waals surface area (Å²) in [5.41, 5.74) is 1.03. The molecule has 1 unspecified atom stereocenters. The maximum Gasteiger partial charge on any atom is 0.0661 e. The van der Waals surface area contributed by atoms with E-state index < -0.39 is 0 Å². The van der Waals surface area contributed by atoms with Gasteiger partial charge in [-0.1, -0.05) is 0 Å². The summed E-state index contributed by atoms with van der Waals surface area (Å²) < 4.78 is 4.99. The minimum absolute atomic E-state index is 0.319. The third-order valence-corrected chi connectivity index (χ3v) is 1.49. The molecule has 1 N–H and O–H groups in total. The van der Waals surface area contributed by atoms with E-state index in [-0.39, 0.29) is 0 Å². The third kappa shape index (κ3) is 2.88. The van der Waals surface area contributed by atoms with Gasteiger partial charge in [0.2, 0.25) is 0 Å². The van der Waals surface area contributed by atoms with Gasteiger partial charge in [0.05, 0.1) is 12.3 Å². The van der Waals surface area contributed by atoms with Gasteiger partial charge in [0.1, 0.15) is 0 Å². The van der Waals surface area contributed by atoms with Crippen LogP contribution in [-0.4, -0.2) is 24.7 Å². The van der Waals surface area contributed by atoms with E-state index in [2.05, 4.69) is 17.2 Å². The summed E-state index contributed by atoms with van der Waals surface area (Å²) >= 11 is 0. The molecule has 12 heavy (non-hydrogen) atoms. The molecule has 1 atom stereocenters. The van der Waals surface area contributed by atoms with Crippen LogP contribution in [0.1, 0.15) is 6.92 Å². The molecule has 1 aromatic heterocycles. The molecule has 0 aliphatic carbocycles. The van der Waals surface area contributed by atoms with E-state index in [1.807, 2.05) is 12.1 Å². The predicted molar refractivity (Wildman–Crippen MR) is 49.2 cm³/mol. The van der Waals surface area contributed by atoms with E-state index in [0.29, 0.717) is 12.6 Å². The Morgan fingerprint density at radius 3 is 3.08 bits per heavy atom. The molecule has 0 aromatic carbocycles. The number of ether oxygens (including phenoxy) is 1. The fourth-order valence-corrected chi connectivity index (χ4v) is 1.02. The summed E-state index contributed by atoms with van der Waals surface area (Å²) in [4.78, 5) is 3.99. The van der Waals surface area contributed by atoms with Crippen molar-refractivity contribution in [3.63, 3.8) is 0 Å². The van der Waals surface area contributed by atoms with E-state index in [1.54, 1.807) is 19.5 Å². The van der Waals surface area contributed by atoms with Gasteiger partial charge >= 0.3 is 0 Å². The Balaban J connectivity index is 2.41. The minimum Gasteiger partial charge on any atom is -0.383 e. The van der Waals surface area contributed by atoms with Crippen LogP contribution in [-0.2, 0) is 4.74 Å². The number of rotatable bonds is 4. The molecule has 66 valence electrons. The largest absolute Gasteiger partial charge is 0.383 e. The molecule has 3 heteroatoms. The average Bonchev–Trinajstić information content (AvgIpc) is 2.06. The summed E-state index contributed by atoms with van der Waals surface area (Å²) in [6.45, 7) is 2.77. The molecule has 1 aromatic rings. The lowest BCUT2D eigenvalue weighted by Crippen LogP contribution is -2.20. The standard InChI is InChI=1S/C9H14N2O/c1-8(7-12-2)11-9-4-3-5-10-6-9/h3-6,8,11H,7H2,1-2H3. The first-order chi connectivity index (χ1) is 5.83. The van der Waals surface area contributed by atoms with Gasteiger partial charge in [0, 0.05) is 25.5 Å². The summed E-state index contributed by atoms with van der Waals surface area (Å²) in [6, 6.07) is 4.21. The van der Waals surface area contributed by atoms with Crippen molar-refractivity contribution in [2.45, 2.75) is 13.0 Å². The molecule has 0 amide bonds. The molecule has 0 aliphatic rings. The van der Waals surface area contributed by atoms with Crippen LogP contribution < -0.4 is 5.32 Å². The quantitative estimate of drug-likeness (QED) is 0.736. The smallest absolute Gasteiger partial charge is 0.0661 e. The molecule has 0 aliphatic heterocycles. The number of methoxy groups -OCH3 is 1. The highest BCUT2D eigenvalue weighted by molar-refractivity contribution is 5.40. The second-order valence-electron chi connectivity index (χ2n) is 2.74. The second kappa shape index (κ2) is 4.72. The Morgan fingerprint density at radius 2 is 2.50 bits per heavy atom. The first-order valence-electron chi connectivity index (χ1n) is 3.98. The predicted octanol–water partition coefficient (Wildman–Crippen LogP) is 1.53. The maximum atomic E-state index is 4.99. The van der Waals surface area contributed by atoms with E-state index >= 15 is 0 Å². The highest BCUT2D eigenvalue weighted by Crippen LogP contribution is 2.04. The van der Waals surface area contributed by atoms with Crippen LogP contribution in [0.4, 0.5) is 5.69 Å². The molecule has 1 heterocycles. The Kier molecular flexibility index (Phi) is 3.54. The van der Waals surface area contributed by atoms with E-state index in [9.17, 15) is 0 Å². The average molecular weight is 166 g/mol. The minimum atomic E-state index is 0.319. The number of anilines is 1. The van der Waals surface area contributed by atoms with E-state index in [0.717, 1.165) is 5.69 Å². The SMILES string of the molecule is COCC(C)Nc1cccnc1. The molecule has 0 fully saturated rings. The first-order valence-corrected chi connectivity index (χ1v) is 3.98. The molecule has 0 saturated heterocycles. The van der Waals surface area contributed by atoms with Crippen LogP contribution in [0.25, 0.3) is 0 Å². The van der Waals surface area contributed by atoms with Crippen molar-refractivity contribution in [2.75, 3.05) is 19.0 Å². The lowest BCUT2D eigenvalue weighted by atomic mass is 10.3. The van der Waals surface area contributed by atoms with Crippen LogP contribution in [0.15, 0.2) is 24.5 Å². The van der Waals surface area contributed by atoms with Gasteiger partial charge in [-0.15, -0.1) is 0 Å². The van der Waals surface area contributed by atoms with Crippen LogP contribution in [0.2, 0.25) is 0 Å². The maximum absolute atomic E-state index is 4.99. The van der Waals surface area contributed by atoms with Crippen molar-refractivity contribution in [3.05, 3.63) is 24.5 Å². The summed E-state index contributed by atoms with van der Waals surface area (Å²) in [5.74, 6) is 0. The Morgan fingerprint density at radius 1 is 1.67 bits per heavy atom. The van der Waals surface area contributed by atoms with Crippen LogP contribution in [0, 0.1) is 0 Å².